The summed E-state index contributed by atoms with van der Waals surface area (Å²) in [5.74, 6) is -0.304. The number of carbonyl (C=O) groups excluding carboxylic acids is 1. The summed E-state index contributed by atoms with van der Waals surface area (Å²) in [7, 11) is -3.99. The van der Waals surface area contributed by atoms with Gasteiger partial charge in [-0.3, -0.25) is 9.78 Å². The molecule has 0 spiro atoms. The molecule has 0 saturated carbocycles. The maximum absolute atomic E-state index is 12.4. The zero-order valence-corrected chi connectivity index (χ0v) is 12.7. The van der Waals surface area contributed by atoms with Crippen LogP contribution in [0.25, 0.3) is 16.8 Å². The number of rotatable bonds is 4. The van der Waals surface area contributed by atoms with E-state index >= 15 is 0 Å². The second-order valence-corrected chi connectivity index (χ2v) is 6.32. The SMILES string of the molecule is O=C(/C=C/c1ccco1)NS(=O)(=O)c1cccc2cnccc12. The van der Waals surface area contributed by atoms with Crippen LogP contribution in [-0.2, 0) is 14.8 Å². The first-order valence-corrected chi connectivity index (χ1v) is 8.16. The molecule has 23 heavy (non-hydrogen) atoms. The van der Waals surface area contributed by atoms with E-state index in [0.717, 1.165) is 6.08 Å². The van der Waals surface area contributed by atoms with Crippen LogP contribution in [0.4, 0.5) is 0 Å². The summed E-state index contributed by atoms with van der Waals surface area (Å²) in [5, 5.41) is 1.17. The molecule has 7 heteroatoms. The first-order valence-electron chi connectivity index (χ1n) is 6.67. The van der Waals surface area contributed by atoms with Crippen LogP contribution in [0.1, 0.15) is 5.76 Å². The summed E-state index contributed by atoms with van der Waals surface area (Å²) < 4.78 is 31.9. The van der Waals surface area contributed by atoms with Gasteiger partial charge >= 0.3 is 0 Å². The predicted octanol–water partition coefficient (Wildman–Crippen LogP) is 2.35. The van der Waals surface area contributed by atoms with Gasteiger partial charge in [-0.2, -0.15) is 0 Å². The summed E-state index contributed by atoms with van der Waals surface area (Å²) in [6, 6.07) is 9.69. The fourth-order valence-electron chi connectivity index (χ4n) is 2.09. The molecular formula is C16H12N2O4S. The Morgan fingerprint density at radius 3 is 2.83 bits per heavy atom. The van der Waals surface area contributed by atoms with Crippen molar-refractivity contribution >= 4 is 32.8 Å². The molecule has 3 rings (SSSR count). The third kappa shape index (κ3) is 3.29. The van der Waals surface area contributed by atoms with Gasteiger partial charge in [0.25, 0.3) is 15.9 Å². The molecule has 0 aliphatic carbocycles. The Morgan fingerprint density at radius 1 is 1.17 bits per heavy atom. The number of nitrogens with one attached hydrogen (secondary N) is 1. The Labute approximate surface area is 132 Å². The van der Waals surface area contributed by atoms with E-state index in [9.17, 15) is 13.2 Å². The minimum atomic E-state index is -3.99. The van der Waals surface area contributed by atoms with Crippen LogP contribution < -0.4 is 4.72 Å². The quantitative estimate of drug-likeness (QED) is 0.743. The van der Waals surface area contributed by atoms with Crippen molar-refractivity contribution in [3.8, 4) is 0 Å². The molecule has 1 amide bonds. The Balaban J connectivity index is 1.87. The van der Waals surface area contributed by atoms with Gasteiger partial charge in [0.1, 0.15) is 5.76 Å². The maximum Gasteiger partial charge on any atom is 0.264 e. The van der Waals surface area contributed by atoms with Crippen LogP contribution in [-0.4, -0.2) is 19.3 Å². The van der Waals surface area contributed by atoms with Crippen molar-refractivity contribution < 1.29 is 17.6 Å². The largest absolute Gasteiger partial charge is 0.465 e. The van der Waals surface area contributed by atoms with E-state index in [1.54, 1.807) is 36.5 Å². The summed E-state index contributed by atoms with van der Waals surface area (Å²) in [5.41, 5.74) is 0. The predicted molar refractivity (Wildman–Crippen MR) is 84.8 cm³/mol. The summed E-state index contributed by atoms with van der Waals surface area (Å²) in [6.07, 6.45) is 7.01. The van der Waals surface area contributed by atoms with Crippen LogP contribution in [0.15, 0.2) is 70.4 Å². The molecular weight excluding hydrogens is 316 g/mol. The van der Waals surface area contributed by atoms with Gasteiger partial charge in [0.05, 0.1) is 11.2 Å². The molecule has 1 aromatic carbocycles. The number of furan rings is 1. The van der Waals surface area contributed by atoms with Gasteiger partial charge in [0.2, 0.25) is 0 Å². The summed E-state index contributed by atoms with van der Waals surface area (Å²) in [6.45, 7) is 0. The van der Waals surface area contributed by atoms with Gasteiger partial charge < -0.3 is 4.42 Å². The minimum Gasteiger partial charge on any atom is -0.465 e. The van der Waals surface area contributed by atoms with Crippen LogP contribution in [0.2, 0.25) is 0 Å². The second kappa shape index (κ2) is 6.05. The molecule has 0 atom stereocenters. The molecule has 1 N–H and O–H groups in total. The van der Waals surface area contributed by atoms with Crippen molar-refractivity contribution in [2.45, 2.75) is 4.90 Å². The highest BCUT2D eigenvalue weighted by Crippen LogP contribution is 2.21. The average molecular weight is 328 g/mol. The van der Waals surface area contributed by atoms with Gasteiger partial charge in [-0.05, 0) is 30.3 Å². The third-order valence-corrected chi connectivity index (χ3v) is 4.51. The normalized spacial score (nSPS) is 11.8. The van der Waals surface area contributed by atoms with Crippen molar-refractivity contribution in [2.75, 3.05) is 0 Å². The number of amides is 1. The number of benzene rings is 1. The lowest BCUT2D eigenvalue weighted by Crippen LogP contribution is -2.29. The van der Waals surface area contributed by atoms with Crippen LogP contribution in [0, 0.1) is 0 Å². The molecule has 2 aromatic heterocycles. The van der Waals surface area contributed by atoms with E-state index in [1.165, 1.54) is 24.6 Å². The Morgan fingerprint density at radius 2 is 2.04 bits per heavy atom. The lowest BCUT2D eigenvalue weighted by molar-refractivity contribution is -0.114. The average Bonchev–Trinajstić information content (AvgIpc) is 3.05. The molecule has 0 fully saturated rings. The third-order valence-electron chi connectivity index (χ3n) is 3.11. The van der Waals surface area contributed by atoms with Gasteiger partial charge in [-0.1, -0.05) is 12.1 Å². The Bertz CT molecular complexity index is 971. The first-order chi connectivity index (χ1) is 11.1. The number of nitrogens with zero attached hydrogens (tertiary/aromatic N) is 1. The first kappa shape index (κ1) is 15.0. The van der Waals surface area contributed by atoms with E-state index in [4.69, 9.17) is 4.42 Å². The summed E-state index contributed by atoms with van der Waals surface area (Å²) in [4.78, 5) is 15.8. The standard InChI is InChI=1S/C16H12N2O4S/c19-16(7-6-13-4-2-10-22-13)18-23(20,21)15-5-1-3-12-11-17-9-8-14(12)15/h1-11H,(H,18,19)/b7-6+. The highest BCUT2D eigenvalue weighted by Gasteiger charge is 2.19. The van der Waals surface area contributed by atoms with Crippen molar-refractivity contribution in [1.82, 2.24) is 9.71 Å². The summed E-state index contributed by atoms with van der Waals surface area (Å²) >= 11 is 0. The number of aromatic nitrogens is 1. The molecule has 0 bridgehead atoms. The molecule has 6 nitrogen and oxygen atoms in total. The molecule has 0 unspecified atom stereocenters. The minimum absolute atomic E-state index is 0.0251. The van der Waals surface area contributed by atoms with E-state index in [0.29, 0.717) is 16.5 Å². The van der Waals surface area contributed by atoms with E-state index in [1.807, 2.05) is 4.72 Å². The van der Waals surface area contributed by atoms with Crippen molar-refractivity contribution in [3.05, 3.63) is 66.9 Å². The topological polar surface area (TPSA) is 89.3 Å². The number of hydrogen-bond donors (Lipinski definition) is 1. The molecule has 0 aliphatic rings. The molecule has 3 aromatic rings. The van der Waals surface area contributed by atoms with Crippen LogP contribution in [0.5, 0.6) is 0 Å². The number of fused-ring (bicyclic) bond motifs is 1. The molecule has 0 saturated heterocycles. The highest BCUT2D eigenvalue weighted by molar-refractivity contribution is 7.90. The van der Waals surface area contributed by atoms with E-state index in [2.05, 4.69) is 4.98 Å². The monoisotopic (exact) mass is 328 g/mol. The number of carbonyl (C=O) groups is 1. The van der Waals surface area contributed by atoms with Crippen molar-refractivity contribution in [2.24, 2.45) is 0 Å². The van der Waals surface area contributed by atoms with Crippen LogP contribution >= 0.6 is 0 Å². The molecule has 0 radical (unpaired) electrons. The fraction of sp³-hybridized carbons (Fsp3) is 0. The highest BCUT2D eigenvalue weighted by atomic mass is 32.2. The number of hydrogen-bond acceptors (Lipinski definition) is 5. The van der Waals surface area contributed by atoms with E-state index in [-0.39, 0.29) is 4.90 Å². The van der Waals surface area contributed by atoms with Crippen molar-refractivity contribution in [3.63, 3.8) is 0 Å². The smallest absolute Gasteiger partial charge is 0.264 e. The zero-order valence-electron chi connectivity index (χ0n) is 11.8. The van der Waals surface area contributed by atoms with E-state index < -0.39 is 15.9 Å². The molecule has 0 aliphatic heterocycles. The van der Waals surface area contributed by atoms with Gasteiger partial charge in [-0.15, -0.1) is 0 Å². The maximum atomic E-state index is 12.4. The zero-order chi connectivity index (χ0) is 16.3. The number of sulfonamides is 1. The number of pyridine rings is 1. The van der Waals surface area contributed by atoms with Gasteiger partial charge in [0.15, 0.2) is 0 Å². The lowest BCUT2D eigenvalue weighted by atomic mass is 10.2. The Hall–Kier alpha value is -2.93. The van der Waals surface area contributed by atoms with Crippen molar-refractivity contribution in [1.29, 1.82) is 0 Å². The Kier molecular flexibility index (Phi) is 3.94. The molecule has 116 valence electrons. The van der Waals surface area contributed by atoms with Gasteiger partial charge in [0, 0.05) is 29.2 Å². The van der Waals surface area contributed by atoms with Gasteiger partial charge in [-0.25, -0.2) is 13.1 Å². The molecule has 2 heterocycles. The van der Waals surface area contributed by atoms with Crippen LogP contribution in [0.3, 0.4) is 0 Å². The second-order valence-electron chi connectivity index (χ2n) is 4.67. The lowest BCUT2D eigenvalue weighted by Gasteiger charge is -2.07. The fourth-order valence-corrected chi connectivity index (χ4v) is 3.27.